The van der Waals surface area contributed by atoms with Crippen molar-refractivity contribution in [2.24, 2.45) is 0 Å². The van der Waals surface area contributed by atoms with Gasteiger partial charge in [-0.15, -0.1) is 0 Å². The first-order valence-electron chi connectivity index (χ1n) is 4.01. The molecule has 1 aromatic heterocycles. The Balaban J connectivity index is 3.19. The monoisotopic (exact) mass is 222 g/mol. The molecule has 0 saturated heterocycles. The highest BCUT2D eigenvalue weighted by molar-refractivity contribution is 5.89. The lowest BCUT2D eigenvalue weighted by molar-refractivity contribution is -0.606. The molecule has 1 aromatic rings. The number of aromatic nitrogens is 1. The van der Waals surface area contributed by atoms with Gasteiger partial charge in [0.05, 0.1) is 18.1 Å². The third-order valence-corrected chi connectivity index (χ3v) is 1.59. The minimum Gasteiger partial charge on any atom is -0.619 e. The number of esters is 1. The maximum absolute atomic E-state index is 10.9. The number of hydrogen-bond acceptors (Lipinski definition) is 5. The zero-order valence-corrected chi connectivity index (χ0v) is 8.17. The molecule has 0 saturated carbocycles. The molecule has 0 amide bonds. The first-order chi connectivity index (χ1) is 7.54. The lowest BCUT2D eigenvalue weighted by Crippen LogP contribution is -2.25. The minimum absolute atomic E-state index is 0.145. The molecule has 0 N–H and O–H groups in total. The van der Waals surface area contributed by atoms with E-state index in [2.05, 4.69) is 10.7 Å². The van der Waals surface area contributed by atoms with Crippen LogP contribution in [0.15, 0.2) is 18.5 Å². The molecule has 0 unspecified atom stereocenters. The van der Waals surface area contributed by atoms with Crippen LogP contribution in [0, 0.1) is 27.2 Å². The Bertz CT molecular complexity index is 500. The molecule has 0 fully saturated rings. The first kappa shape index (κ1) is 11.5. The Morgan fingerprint density at radius 3 is 2.88 bits per heavy atom. The number of nitrogens with zero attached hydrogens (tertiary/aromatic N) is 2. The summed E-state index contributed by atoms with van der Waals surface area (Å²) >= 11 is 0. The van der Waals surface area contributed by atoms with Gasteiger partial charge in [-0.05, 0) is 5.92 Å². The average molecular weight is 222 g/mol. The van der Waals surface area contributed by atoms with Gasteiger partial charge in [0, 0.05) is 5.92 Å². The van der Waals surface area contributed by atoms with Gasteiger partial charge in [-0.25, -0.2) is 4.79 Å². The number of rotatable bonds is 1. The second-order valence-electron chi connectivity index (χ2n) is 2.60. The number of ether oxygens (including phenoxy) is 1. The Morgan fingerprint density at radius 2 is 2.31 bits per heavy atom. The third-order valence-electron chi connectivity index (χ3n) is 1.59. The van der Waals surface area contributed by atoms with E-state index in [1.807, 2.05) is 5.92 Å². The fourth-order valence-electron chi connectivity index (χ4n) is 0.895. The summed E-state index contributed by atoms with van der Waals surface area (Å²) in [5.41, 5.74) is -0.489. The minimum atomic E-state index is -0.837. The Labute approximate surface area is 90.0 Å². The van der Waals surface area contributed by atoms with E-state index < -0.39 is 10.9 Å². The van der Waals surface area contributed by atoms with Crippen molar-refractivity contribution in [2.45, 2.75) is 0 Å². The molecule has 1 heterocycles. The fraction of sp³-hybridized carbons (Fsp3) is 0.111. The van der Waals surface area contributed by atoms with Gasteiger partial charge in [0.25, 0.3) is 5.69 Å². The van der Waals surface area contributed by atoms with Crippen molar-refractivity contribution in [2.75, 3.05) is 7.11 Å². The smallest absolute Gasteiger partial charge is 0.384 e. The molecule has 0 aromatic carbocycles. The fourth-order valence-corrected chi connectivity index (χ4v) is 0.895. The summed E-state index contributed by atoms with van der Waals surface area (Å²) in [5.74, 6) is 3.36. The van der Waals surface area contributed by atoms with Crippen LogP contribution in [-0.2, 0) is 9.53 Å². The molecule has 0 spiro atoms. The van der Waals surface area contributed by atoms with Gasteiger partial charge in [0.15, 0.2) is 11.8 Å². The topological polar surface area (TPSA) is 96.4 Å². The van der Waals surface area contributed by atoms with Crippen molar-refractivity contribution < 1.29 is 19.2 Å². The third kappa shape index (κ3) is 2.68. The molecule has 0 radical (unpaired) electrons. The standard InChI is InChI=1S/C9H6N2O5/c1-16-9(12)3-2-7-6-10(13)5-4-8(7)11(14)15/h4-6H,1H3. The van der Waals surface area contributed by atoms with E-state index in [1.165, 1.54) is 0 Å². The highest BCUT2D eigenvalue weighted by atomic mass is 16.6. The van der Waals surface area contributed by atoms with Crippen LogP contribution in [0.2, 0.25) is 0 Å². The zero-order chi connectivity index (χ0) is 12.1. The Morgan fingerprint density at radius 1 is 1.62 bits per heavy atom. The lowest BCUT2D eigenvalue weighted by Gasteiger charge is -1.96. The molecule has 16 heavy (non-hydrogen) atoms. The van der Waals surface area contributed by atoms with Gasteiger partial charge in [0.1, 0.15) is 0 Å². The van der Waals surface area contributed by atoms with Crippen LogP contribution in [0.3, 0.4) is 0 Å². The SMILES string of the molecule is COC(=O)C#Cc1c[n+]([O-])ccc1[N+](=O)[O-]. The maximum Gasteiger partial charge on any atom is 0.384 e. The van der Waals surface area contributed by atoms with Gasteiger partial charge < -0.3 is 9.94 Å². The molecular weight excluding hydrogens is 216 g/mol. The van der Waals surface area contributed by atoms with Crippen LogP contribution in [0.4, 0.5) is 5.69 Å². The summed E-state index contributed by atoms with van der Waals surface area (Å²) in [6, 6.07) is 1.01. The molecule has 0 aliphatic carbocycles. The highest BCUT2D eigenvalue weighted by Crippen LogP contribution is 2.13. The summed E-state index contributed by atoms with van der Waals surface area (Å²) in [6.07, 6.45) is 1.88. The van der Waals surface area contributed by atoms with E-state index in [1.54, 1.807) is 0 Å². The largest absolute Gasteiger partial charge is 0.619 e. The van der Waals surface area contributed by atoms with Crippen LogP contribution in [-0.4, -0.2) is 18.0 Å². The number of carbonyl (C=O) groups is 1. The van der Waals surface area contributed by atoms with E-state index in [4.69, 9.17) is 0 Å². The van der Waals surface area contributed by atoms with Gasteiger partial charge in [-0.2, -0.15) is 4.73 Å². The molecule has 1 rings (SSSR count). The number of nitro groups is 1. The molecule has 0 aliphatic heterocycles. The predicted molar refractivity (Wildman–Crippen MR) is 51.0 cm³/mol. The average Bonchev–Trinajstić information content (AvgIpc) is 2.25. The van der Waals surface area contributed by atoms with Crippen molar-refractivity contribution in [1.29, 1.82) is 0 Å². The van der Waals surface area contributed by atoms with Crippen molar-refractivity contribution in [3.63, 3.8) is 0 Å². The summed E-state index contributed by atoms with van der Waals surface area (Å²) < 4.78 is 4.59. The summed E-state index contributed by atoms with van der Waals surface area (Å²) in [4.78, 5) is 20.6. The number of carbonyl (C=O) groups excluding carboxylic acids is 1. The number of hydrogen-bond donors (Lipinski definition) is 0. The molecular formula is C9H6N2O5. The molecule has 0 atom stereocenters. The van der Waals surface area contributed by atoms with E-state index >= 15 is 0 Å². The van der Waals surface area contributed by atoms with Crippen LogP contribution in [0.5, 0.6) is 0 Å². The lowest BCUT2D eigenvalue weighted by atomic mass is 10.2. The van der Waals surface area contributed by atoms with Gasteiger partial charge in [-0.3, -0.25) is 10.1 Å². The zero-order valence-electron chi connectivity index (χ0n) is 8.17. The van der Waals surface area contributed by atoms with Crippen molar-refractivity contribution in [3.05, 3.63) is 39.3 Å². The highest BCUT2D eigenvalue weighted by Gasteiger charge is 2.15. The van der Waals surface area contributed by atoms with E-state index in [-0.39, 0.29) is 11.3 Å². The summed E-state index contributed by atoms with van der Waals surface area (Å²) in [7, 11) is 1.13. The van der Waals surface area contributed by atoms with Gasteiger partial charge >= 0.3 is 5.97 Å². The van der Waals surface area contributed by atoms with E-state index in [0.717, 1.165) is 25.6 Å². The van der Waals surface area contributed by atoms with Gasteiger partial charge in [-0.1, -0.05) is 0 Å². The van der Waals surface area contributed by atoms with Crippen LogP contribution in [0.25, 0.3) is 0 Å². The number of methoxy groups -OCH3 is 1. The maximum atomic E-state index is 10.9. The summed E-state index contributed by atoms with van der Waals surface area (Å²) in [5, 5.41) is 21.4. The van der Waals surface area contributed by atoms with Gasteiger partial charge in [0.2, 0.25) is 6.20 Å². The second kappa shape index (κ2) is 4.75. The van der Waals surface area contributed by atoms with Crippen LogP contribution >= 0.6 is 0 Å². The summed E-state index contributed by atoms with van der Waals surface area (Å²) in [6.45, 7) is 0. The molecule has 7 nitrogen and oxygen atoms in total. The molecule has 0 bridgehead atoms. The Kier molecular flexibility index (Phi) is 3.40. The first-order valence-corrected chi connectivity index (χ1v) is 4.01. The normalized spacial score (nSPS) is 8.81. The van der Waals surface area contributed by atoms with E-state index in [9.17, 15) is 20.1 Å². The molecule has 0 aliphatic rings. The predicted octanol–water partition coefficient (Wildman–Crippen LogP) is -0.247. The van der Waals surface area contributed by atoms with Crippen LogP contribution in [0.1, 0.15) is 5.56 Å². The molecule has 82 valence electrons. The Hall–Kier alpha value is -2.62. The second-order valence-corrected chi connectivity index (χ2v) is 2.60. The number of pyridine rings is 1. The van der Waals surface area contributed by atoms with Crippen LogP contribution < -0.4 is 4.73 Å². The van der Waals surface area contributed by atoms with Crippen molar-refractivity contribution >= 4 is 11.7 Å². The van der Waals surface area contributed by atoms with Crippen molar-refractivity contribution in [3.8, 4) is 11.8 Å². The van der Waals surface area contributed by atoms with Crippen molar-refractivity contribution in [1.82, 2.24) is 0 Å². The quantitative estimate of drug-likeness (QED) is 0.163. The molecule has 7 heteroatoms. The van der Waals surface area contributed by atoms with E-state index in [0.29, 0.717) is 4.73 Å².